The first-order valence-corrected chi connectivity index (χ1v) is 7.89. The van der Waals surface area contributed by atoms with Crippen LogP contribution >= 0.6 is 0 Å². The number of pyridine rings is 1. The van der Waals surface area contributed by atoms with Crippen LogP contribution in [0.4, 0.5) is 0 Å². The van der Waals surface area contributed by atoms with E-state index in [1.807, 2.05) is 48.3 Å². The molecule has 6 heteroatoms. The number of fused-ring (bicyclic) bond motifs is 1. The fraction of sp³-hybridized carbons (Fsp3) is 0.278. The Labute approximate surface area is 140 Å². The lowest BCUT2D eigenvalue weighted by atomic mass is 10.2. The van der Waals surface area contributed by atoms with Crippen LogP contribution in [-0.4, -0.2) is 40.9 Å². The second-order valence-electron chi connectivity index (χ2n) is 5.70. The number of nitrogens with zero attached hydrogens (tertiary/aromatic N) is 3. The summed E-state index contributed by atoms with van der Waals surface area (Å²) in [5.74, 6) is 0.629. The molecular formula is C18H20N4O2. The van der Waals surface area contributed by atoms with Gasteiger partial charge in [-0.2, -0.15) is 0 Å². The minimum atomic E-state index is -0.0114. The summed E-state index contributed by atoms with van der Waals surface area (Å²) in [6.45, 7) is 1.56. The maximum Gasteiger partial charge on any atom is 0.234 e. The quantitative estimate of drug-likeness (QED) is 0.720. The molecule has 0 saturated heterocycles. The van der Waals surface area contributed by atoms with E-state index in [1.54, 1.807) is 12.4 Å². The predicted molar refractivity (Wildman–Crippen MR) is 91.3 cm³/mol. The molecule has 124 valence electrons. The molecule has 0 fully saturated rings. The predicted octanol–water partition coefficient (Wildman–Crippen LogP) is 2.01. The SMILES string of the molecule is CN(CC(=O)NCCc1nc2ccccc2o1)Cc1ccncc1. The van der Waals surface area contributed by atoms with E-state index in [0.717, 1.165) is 16.7 Å². The molecule has 6 nitrogen and oxygen atoms in total. The van der Waals surface area contributed by atoms with Crippen LogP contribution in [0, 0.1) is 0 Å². The van der Waals surface area contributed by atoms with Crippen molar-refractivity contribution in [2.45, 2.75) is 13.0 Å². The molecule has 0 bridgehead atoms. The number of aromatic nitrogens is 2. The molecule has 3 rings (SSSR count). The molecule has 1 aromatic carbocycles. The minimum Gasteiger partial charge on any atom is -0.441 e. The standard InChI is InChI=1S/C18H20N4O2/c1-22(12-14-6-9-19-10-7-14)13-17(23)20-11-8-18-21-15-4-2-3-5-16(15)24-18/h2-7,9-10H,8,11-13H2,1H3,(H,20,23). The first kappa shape index (κ1) is 16.1. The number of carbonyl (C=O) groups is 1. The van der Waals surface area contributed by atoms with Gasteiger partial charge in [-0.1, -0.05) is 12.1 Å². The number of hydrogen-bond acceptors (Lipinski definition) is 5. The summed E-state index contributed by atoms with van der Waals surface area (Å²) < 4.78 is 5.63. The van der Waals surface area contributed by atoms with Crippen LogP contribution in [-0.2, 0) is 17.8 Å². The molecule has 2 aromatic heterocycles. The number of benzene rings is 1. The van der Waals surface area contributed by atoms with Crippen LogP contribution < -0.4 is 5.32 Å². The Morgan fingerprint density at radius 3 is 2.79 bits per heavy atom. The molecule has 0 unspecified atom stereocenters. The number of rotatable bonds is 7. The van der Waals surface area contributed by atoms with Crippen LogP contribution in [0.15, 0.2) is 53.2 Å². The third-order valence-corrected chi connectivity index (χ3v) is 3.61. The fourth-order valence-electron chi connectivity index (χ4n) is 2.49. The van der Waals surface area contributed by atoms with Gasteiger partial charge in [-0.3, -0.25) is 14.7 Å². The van der Waals surface area contributed by atoms with E-state index in [2.05, 4.69) is 15.3 Å². The minimum absolute atomic E-state index is 0.0114. The van der Waals surface area contributed by atoms with Crippen LogP contribution in [0.25, 0.3) is 11.1 Å². The molecule has 0 spiro atoms. The van der Waals surface area contributed by atoms with E-state index in [4.69, 9.17) is 4.42 Å². The first-order chi connectivity index (χ1) is 11.7. The van der Waals surface area contributed by atoms with Crippen LogP contribution in [0.2, 0.25) is 0 Å². The molecule has 0 aliphatic rings. The fourth-order valence-corrected chi connectivity index (χ4v) is 2.49. The van der Waals surface area contributed by atoms with Crippen molar-refractivity contribution in [3.05, 3.63) is 60.2 Å². The highest BCUT2D eigenvalue weighted by molar-refractivity contribution is 5.78. The highest BCUT2D eigenvalue weighted by Crippen LogP contribution is 2.14. The maximum atomic E-state index is 12.0. The van der Waals surface area contributed by atoms with E-state index in [-0.39, 0.29) is 5.91 Å². The molecule has 24 heavy (non-hydrogen) atoms. The zero-order chi connectivity index (χ0) is 16.8. The van der Waals surface area contributed by atoms with Gasteiger partial charge in [0.05, 0.1) is 6.54 Å². The summed E-state index contributed by atoms with van der Waals surface area (Å²) in [5, 5.41) is 2.90. The topological polar surface area (TPSA) is 71.3 Å². The molecule has 0 radical (unpaired) electrons. The van der Waals surface area contributed by atoms with E-state index in [1.165, 1.54) is 0 Å². The Kier molecular flexibility index (Phi) is 5.18. The van der Waals surface area contributed by atoms with Gasteiger partial charge in [0.1, 0.15) is 5.52 Å². The average Bonchev–Trinajstić information content (AvgIpc) is 2.98. The van der Waals surface area contributed by atoms with Gasteiger partial charge in [0.25, 0.3) is 0 Å². The summed E-state index contributed by atoms with van der Waals surface area (Å²) in [5.41, 5.74) is 2.75. The zero-order valence-corrected chi connectivity index (χ0v) is 13.6. The Morgan fingerprint density at radius 2 is 2.00 bits per heavy atom. The Hall–Kier alpha value is -2.73. The Morgan fingerprint density at radius 1 is 1.21 bits per heavy atom. The van der Waals surface area contributed by atoms with Gasteiger partial charge in [-0.05, 0) is 36.9 Å². The van der Waals surface area contributed by atoms with Crippen LogP contribution in [0.3, 0.4) is 0 Å². The second kappa shape index (κ2) is 7.70. The summed E-state index contributed by atoms with van der Waals surface area (Å²) in [4.78, 5) is 22.3. The van der Waals surface area contributed by atoms with E-state index in [0.29, 0.717) is 31.9 Å². The molecule has 3 aromatic rings. The molecule has 0 aliphatic carbocycles. The summed E-state index contributed by atoms with van der Waals surface area (Å²) in [7, 11) is 1.92. The van der Waals surface area contributed by atoms with Crippen LogP contribution in [0.1, 0.15) is 11.5 Å². The van der Waals surface area contributed by atoms with Crippen molar-refractivity contribution in [1.82, 2.24) is 20.2 Å². The maximum absolute atomic E-state index is 12.0. The lowest BCUT2D eigenvalue weighted by molar-refractivity contribution is -0.122. The number of likely N-dealkylation sites (N-methyl/N-ethyl adjacent to an activating group) is 1. The molecule has 0 atom stereocenters. The van der Waals surface area contributed by atoms with Gasteiger partial charge >= 0.3 is 0 Å². The van der Waals surface area contributed by atoms with Gasteiger partial charge < -0.3 is 9.73 Å². The number of nitrogens with one attached hydrogen (secondary N) is 1. The average molecular weight is 324 g/mol. The monoisotopic (exact) mass is 324 g/mol. The molecule has 0 saturated carbocycles. The molecular weight excluding hydrogens is 304 g/mol. The lowest BCUT2D eigenvalue weighted by Gasteiger charge is -2.16. The largest absolute Gasteiger partial charge is 0.441 e. The molecule has 2 heterocycles. The number of para-hydroxylation sites is 2. The zero-order valence-electron chi connectivity index (χ0n) is 13.6. The number of carbonyl (C=O) groups excluding carboxylic acids is 1. The Balaban J connectivity index is 1.42. The molecule has 1 N–H and O–H groups in total. The van der Waals surface area contributed by atoms with Crippen LogP contribution in [0.5, 0.6) is 0 Å². The smallest absolute Gasteiger partial charge is 0.234 e. The summed E-state index contributed by atoms with van der Waals surface area (Å²) in [6, 6.07) is 11.5. The van der Waals surface area contributed by atoms with Gasteiger partial charge in [0.2, 0.25) is 5.91 Å². The summed E-state index contributed by atoms with van der Waals surface area (Å²) >= 11 is 0. The van der Waals surface area contributed by atoms with Crippen molar-refractivity contribution >= 4 is 17.0 Å². The van der Waals surface area contributed by atoms with Crippen molar-refractivity contribution in [2.24, 2.45) is 0 Å². The lowest BCUT2D eigenvalue weighted by Crippen LogP contribution is -2.35. The third-order valence-electron chi connectivity index (χ3n) is 3.61. The van der Waals surface area contributed by atoms with Gasteiger partial charge in [-0.25, -0.2) is 4.98 Å². The van der Waals surface area contributed by atoms with E-state index < -0.39 is 0 Å². The number of oxazole rings is 1. The molecule has 0 aliphatic heterocycles. The van der Waals surface area contributed by atoms with Gasteiger partial charge in [0, 0.05) is 31.9 Å². The van der Waals surface area contributed by atoms with Crippen molar-refractivity contribution < 1.29 is 9.21 Å². The van der Waals surface area contributed by atoms with Crippen molar-refractivity contribution in [3.63, 3.8) is 0 Å². The second-order valence-corrected chi connectivity index (χ2v) is 5.70. The Bertz CT molecular complexity index is 768. The number of hydrogen-bond donors (Lipinski definition) is 1. The highest BCUT2D eigenvalue weighted by Gasteiger charge is 2.08. The van der Waals surface area contributed by atoms with Crippen molar-refractivity contribution in [2.75, 3.05) is 20.1 Å². The molecule has 1 amide bonds. The normalized spacial score (nSPS) is 11.1. The van der Waals surface area contributed by atoms with Crippen molar-refractivity contribution in [1.29, 1.82) is 0 Å². The number of amides is 1. The van der Waals surface area contributed by atoms with E-state index in [9.17, 15) is 4.79 Å². The third kappa shape index (κ3) is 4.39. The summed E-state index contributed by atoms with van der Waals surface area (Å²) in [6.07, 6.45) is 4.08. The highest BCUT2D eigenvalue weighted by atomic mass is 16.3. The van der Waals surface area contributed by atoms with Crippen molar-refractivity contribution in [3.8, 4) is 0 Å². The first-order valence-electron chi connectivity index (χ1n) is 7.89. The van der Waals surface area contributed by atoms with E-state index >= 15 is 0 Å². The van der Waals surface area contributed by atoms with Gasteiger partial charge in [-0.15, -0.1) is 0 Å². The van der Waals surface area contributed by atoms with Gasteiger partial charge in [0.15, 0.2) is 11.5 Å².